The number of nitrogens with zero attached hydrogens (tertiary/aromatic N) is 5. The molecular weight excluding hydrogens is 362 g/mol. The Balaban J connectivity index is 1.45. The van der Waals surface area contributed by atoms with Crippen molar-refractivity contribution in [2.24, 2.45) is 0 Å². The van der Waals surface area contributed by atoms with Crippen LogP contribution in [0.5, 0.6) is 0 Å². The molecule has 2 aliphatic heterocycles. The smallest absolute Gasteiger partial charge is 0.254 e. The number of piperidine rings is 1. The summed E-state index contributed by atoms with van der Waals surface area (Å²) < 4.78 is 0. The van der Waals surface area contributed by atoms with Crippen molar-refractivity contribution in [2.45, 2.75) is 40.0 Å². The van der Waals surface area contributed by atoms with Gasteiger partial charge in [0, 0.05) is 56.6 Å². The molecule has 1 amide bonds. The first-order chi connectivity index (χ1) is 14.0. The van der Waals surface area contributed by atoms with Crippen molar-refractivity contribution in [3.63, 3.8) is 0 Å². The number of hydrogen-bond acceptors (Lipinski definition) is 5. The molecule has 0 N–H and O–H groups in total. The second-order valence-electron chi connectivity index (χ2n) is 8.31. The summed E-state index contributed by atoms with van der Waals surface area (Å²) in [7, 11) is 0. The maximum Gasteiger partial charge on any atom is 0.254 e. The Labute approximate surface area is 173 Å². The molecule has 0 spiro atoms. The normalized spacial score (nSPS) is 17.6. The van der Waals surface area contributed by atoms with Gasteiger partial charge in [0.15, 0.2) is 0 Å². The lowest BCUT2D eigenvalue weighted by atomic mass is 10.0. The van der Waals surface area contributed by atoms with Gasteiger partial charge in [-0.05, 0) is 51.7 Å². The van der Waals surface area contributed by atoms with Gasteiger partial charge in [0.2, 0.25) is 5.95 Å². The standard InChI is InChI=1S/C23H31N5O/c1-17-7-8-18(2)20(15-17)22(29)27-11-13-28(14-12-27)23-24-19(3)16-21(25-23)26-9-5-4-6-10-26/h7-8,15-16H,4-6,9-14H2,1-3H3. The van der Waals surface area contributed by atoms with E-state index in [0.29, 0.717) is 13.1 Å². The molecule has 4 rings (SSSR count). The third kappa shape index (κ3) is 4.36. The van der Waals surface area contributed by atoms with E-state index in [9.17, 15) is 4.79 Å². The van der Waals surface area contributed by atoms with E-state index in [1.165, 1.54) is 19.3 Å². The summed E-state index contributed by atoms with van der Waals surface area (Å²) in [4.78, 5) is 29.1. The van der Waals surface area contributed by atoms with Gasteiger partial charge >= 0.3 is 0 Å². The summed E-state index contributed by atoms with van der Waals surface area (Å²) in [6, 6.07) is 8.17. The van der Waals surface area contributed by atoms with Gasteiger partial charge in [0.25, 0.3) is 5.91 Å². The molecular formula is C23H31N5O. The maximum atomic E-state index is 13.0. The molecule has 6 nitrogen and oxygen atoms in total. The van der Waals surface area contributed by atoms with Crippen LogP contribution in [0.2, 0.25) is 0 Å². The molecule has 2 aromatic rings. The minimum atomic E-state index is 0.130. The topological polar surface area (TPSA) is 52.6 Å². The summed E-state index contributed by atoms with van der Waals surface area (Å²) in [6.07, 6.45) is 3.78. The molecule has 0 saturated carbocycles. The molecule has 0 radical (unpaired) electrons. The van der Waals surface area contributed by atoms with Crippen LogP contribution in [-0.2, 0) is 0 Å². The Hall–Kier alpha value is -2.63. The molecule has 2 aliphatic rings. The van der Waals surface area contributed by atoms with Crippen LogP contribution in [0.1, 0.15) is 46.4 Å². The molecule has 1 aromatic heterocycles. The van der Waals surface area contributed by atoms with Crippen LogP contribution in [0.15, 0.2) is 24.3 Å². The van der Waals surface area contributed by atoms with Gasteiger partial charge in [0.1, 0.15) is 5.82 Å². The molecule has 3 heterocycles. The minimum Gasteiger partial charge on any atom is -0.356 e. The number of amides is 1. The zero-order chi connectivity index (χ0) is 20.4. The fourth-order valence-electron chi connectivity index (χ4n) is 4.21. The van der Waals surface area contributed by atoms with Crippen LogP contribution < -0.4 is 9.80 Å². The maximum absolute atomic E-state index is 13.0. The second kappa shape index (κ2) is 8.39. The summed E-state index contributed by atoms with van der Waals surface area (Å²) in [5.74, 6) is 1.97. The van der Waals surface area contributed by atoms with Gasteiger partial charge in [-0.2, -0.15) is 4.98 Å². The average Bonchev–Trinajstić information content (AvgIpc) is 2.75. The Kier molecular flexibility index (Phi) is 5.69. The molecule has 0 bridgehead atoms. The SMILES string of the molecule is Cc1ccc(C)c(C(=O)N2CCN(c3nc(C)cc(N4CCCCC4)n3)CC2)c1. The van der Waals surface area contributed by atoms with Crippen molar-refractivity contribution in [3.8, 4) is 0 Å². The van der Waals surface area contributed by atoms with Crippen molar-refractivity contribution >= 4 is 17.7 Å². The fourth-order valence-corrected chi connectivity index (χ4v) is 4.21. The number of aromatic nitrogens is 2. The highest BCUT2D eigenvalue weighted by molar-refractivity contribution is 5.96. The lowest BCUT2D eigenvalue weighted by Gasteiger charge is -2.36. The molecule has 0 unspecified atom stereocenters. The number of carbonyl (C=O) groups excluding carboxylic acids is 1. The molecule has 2 saturated heterocycles. The number of piperazine rings is 1. The van der Waals surface area contributed by atoms with Gasteiger partial charge in [0.05, 0.1) is 0 Å². The first kappa shape index (κ1) is 19.7. The zero-order valence-corrected chi connectivity index (χ0v) is 17.8. The third-order valence-electron chi connectivity index (χ3n) is 5.98. The van der Waals surface area contributed by atoms with E-state index in [0.717, 1.165) is 60.3 Å². The molecule has 0 aliphatic carbocycles. The predicted molar refractivity (Wildman–Crippen MR) is 117 cm³/mol. The van der Waals surface area contributed by atoms with Gasteiger partial charge < -0.3 is 14.7 Å². The first-order valence-corrected chi connectivity index (χ1v) is 10.7. The van der Waals surface area contributed by atoms with E-state index < -0.39 is 0 Å². The average molecular weight is 394 g/mol. The number of benzene rings is 1. The Morgan fingerprint density at radius 3 is 2.28 bits per heavy atom. The van der Waals surface area contributed by atoms with Crippen LogP contribution in [0, 0.1) is 20.8 Å². The van der Waals surface area contributed by atoms with E-state index in [1.54, 1.807) is 0 Å². The lowest BCUT2D eigenvalue weighted by molar-refractivity contribution is 0.0745. The third-order valence-corrected chi connectivity index (χ3v) is 5.98. The van der Waals surface area contributed by atoms with Gasteiger partial charge in [-0.3, -0.25) is 4.79 Å². The van der Waals surface area contributed by atoms with Crippen molar-refractivity contribution in [3.05, 3.63) is 46.6 Å². The van der Waals surface area contributed by atoms with E-state index in [4.69, 9.17) is 9.97 Å². The van der Waals surface area contributed by atoms with Gasteiger partial charge in [-0.1, -0.05) is 17.7 Å². The van der Waals surface area contributed by atoms with Crippen molar-refractivity contribution in [1.29, 1.82) is 0 Å². The van der Waals surface area contributed by atoms with Crippen molar-refractivity contribution < 1.29 is 4.79 Å². The van der Waals surface area contributed by atoms with E-state index >= 15 is 0 Å². The zero-order valence-electron chi connectivity index (χ0n) is 17.8. The lowest BCUT2D eigenvalue weighted by Crippen LogP contribution is -2.49. The second-order valence-corrected chi connectivity index (χ2v) is 8.31. The van der Waals surface area contributed by atoms with E-state index in [1.807, 2.05) is 37.8 Å². The van der Waals surface area contributed by atoms with E-state index in [-0.39, 0.29) is 5.91 Å². The largest absolute Gasteiger partial charge is 0.356 e. The number of rotatable bonds is 3. The highest BCUT2D eigenvalue weighted by Crippen LogP contribution is 2.22. The van der Waals surface area contributed by atoms with Crippen molar-refractivity contribution in [1.82, 2.24) is 14.9 Å². The molecule has 1 aromatic carbocycles. The van der Waals surface area contributed by atoms with Crippen molar-refractivity contribution in [2.75, 3.05) is 49.1 Å². The van der Waals surface area contributed by atoms with Crippen LogP contribution in [0.25, 0.3) is 0 Å². The molecule has 29 heavy (non-hydrogen) atoms. The molecule has 6 heteroatoms. The summed E-state index contributed by atoms with van der Waals surface area (Å²) in [5.41, 5.74) is 3.98. The van der Waals surface area contributed by atoms with Crippen LogP contribution in [0.4, 0.5) is 11.8 Å². The highest BCUT2D eigenvalue weighted by Gasteiger charge is 2.25. The quantitative estimate of drug-likeness (QED) is 0.800. The Morgan fingerprint density at radius 2 is 1.55 bits per heavy atom. The first-order valence-electron chi connectivity index (χ1n) is 10.7. The number of carbonyl (C=O) groups is 1. The Morgan fingerprint density at radius 1 is 0.828 bits per heavy atom. The monoisotopic (exact) mass is 393 g/mol. The number of aryl methyl sites for hydroxylation is 3. The number of anilines is 2. The highest BCUT2D eigenvalue weighted by atomic mass is 16.2. The molecule has 154 valence electrons. The predicted octanol–water partition coefficient (Wildman–Crippen LogP) is 3.35. The van der Waals surface area contributed by atoms with Gasteiger partial charge in [-0.25, -0.2) is 4.98 Å². The number of hydrogen-bond donors (Lipinski definition) is 0. The summed E-state index contributed by atoms with van der Waals surface area (Å²) in [6.45, 7) is 11.2. The Bertz CT molecular complexity index is 883. The van der Waals surface area contributed by atoms with Crippen LogP contribution >= 0.6 is 0 Å². The van der Waals surface area contributed by atoms with Crippen LogP contribution in [0.3, 0.4) is 0 Å². The summed E-state index contributed by atoms with van der Waals surface area (Å²) in [5, 5.41) is 0. The fraction of sp³-hybridized carbons (Fsp3) is 0.522. The minimum absolute atomic E-state index is 0.130. The molecule has 2 fully saturated rings. The van der Waals surface area contributed by atoms with Gasteiger partial charge in [-0.15, -0.1) is 0 Å². The van der Waals surface area contributed by atoms with E-state index in [2.05, 4.69) is 21.9 Å². The van der Waals surface area contributed by atoms with Crippen LogP contribution in [-0.4, -0.2) is 60.0 Å². The molecule has 0 atom stereocenters. The summed E-state index contributed by atoms with van der Waals surface area (Å²) >= 11 is 0.